The minimum atomic E-state index is -3.73. The van der Waals surface area contributed by atoms with Gasteiger partial charge in [-0.15, -0.1) is 0 Å². The Morgan fingerprint density at radius 2 is 1.67 bits per heavy atom. The Bertz CT molecular complexity index is 959. The third-order valence-corrected chi connectivity index (χ3v) is 5.83. The summed E-state index contributed by atoms with van der Waals surface area (Å²) in [5.74, 6) is 1.08. The maximum absolute atomic E-state index is 12.6. The van der Waals surface area contributed by atoms with Crippen LogP contribution in [-0.2, 0) is 21.4 Å². The number of amides is 1. The second-order valence-corrected chi connectivity index (χ2v) is 9.03. The number of hydrogen-bond donors (Lipinski definition) is 3. The molecule has 0 aliphatic carbocycles. The maximum atomic E-state index is 12.6. The fraction of sp³-hybridized carbons (Fsp3) is 0.381. The molecule has 30 heavy (non-hydrogen) atoms. The van der Waals surface area contributed by atoms with E-state index in [1.165, 1.54) is 38.5 Å². The second-order valence-electron chi connectivity index (χ2n) is 7.26. The van der Waals surface area contributed by atoms with Crippen molar-refractivity contribution in [2.75, 3.05) is 19.5 Å². The van der Waals surface area contributed by atoms with E-state index in [-0.39, 0.29) is 17.3 Å². The molecule has 8 nitrogen and oxygen atoms in total. The summed E-state index contributed by atoms with van der Waals surface area (Å²) in [5.41, 5.74) is 7.07. The molecule has 2 aromatic rings. The minimum Gasteiger partial charge on any atom is -0.493 e. The van der Waals surface area contributed by atoms with Crippen LogP contribution in [-0.4, -0.2) is 34.6 Å². The lowest BCUT2D eigenvalue weighted by Crippen LogP contribution is -2.36. The summed E-state index contributed by atoms with van der Waals surface area (Å²) in [5, 5.41) is 2.70. The third kappa shape index (κ3) is 6.45. The van der Waals surface area contributed by atoms with Crippen molar-refractivity contribution in [1.82, 2.24) is 4.72 Å². The highest BCUT2D eigenvalue weighted by molar-refractivity contribution is 7.89. The van der Waals surface area contributed by atoms with Crippen LogP contribution in [0.25, 0.3) is 0 Å². The average Bonchev–Trinajstić information content (AvgIpc) is 2.72. The first-order chi connectivity index (χ1) is 14.2. The average molecular weight is 436 g/mol. The van der Waals surface area contributed by atoms with Gasteiger partial charge < -0.3 is 20.5 Å². The molecule has 2 rings (SSSR count). The Morgan fingerprint density at radius 1 is 1.03 bits per heavy atom. The van der Waals surface area contributed by atoms with Gasteiger partial charge in [-0.3, -0.25) is 4.79 Å². The number of ether oxygens (including phenoxy) is 2. The van der Waals surface area contributed by atoms with E-state index in [4.69, 9.17) is 15.2 Å². The number of sulfonamides is 1. The first kappa shape index (κ1) is 23.7. The normalized spacial score (nSPS) is 12.5. The number of nitrogens with two attached hydrogens (primary N) is 1. The topological polar surface area (TPSA) is 120 Å². The molecule has 2 aromatic carbocycles. The van der Waals surface area contributed by atoms with Crippen LogP contribution in [0.3, 0.4) is 0 Å². The van der Waals surface area contributed by atoms with E-state index in [1.807, 2.05) is 13.8 Å². The highest BCUT2D eigenvalue weighted by Gasteiger charge is 2.17. The summed E-state index contributed by atoms with van der Waals surface area (Å²) in [6, 6.07) is 10.5. The molecule has 0 unspecified atom stereocenters. The maximum Gasteiger partial charge on any atom is 0.241 e. The van der Waals surface area contributed by atoms with Gasteiger partial charge in [0.1, 0.15) is 0 Å². The number of carbonyl (C=O) groups excluding carboxylic acids is 1. The summed E-state index contributed by atoms with van der Waals surface area (Å²) in [7, 11) is -0.683. The smallest absolute Gasteiger partial charge is 0.241 e. The number of rotatable bonds is 10. The molecule has 0 aromatic heterocycles. The molecule has 0 saturated carbocycles. The third-order valence-electron chi connectivity index (χ3n) is 4.41. The second kappa shape index (κ2) is 10.4. The molecule has 0 heterocycles. The van der Waals surface area contributed by atoms with Crippen molar-refractivity contribution in [3.05, 3.63) is 48.0 Å². The van der Waals surface area contributed by atoms with Gasteiger partial charge >= 0.3 is 0 Å². The van der Waals surface area contributed by atoms with Gasteiger partial charge in [-0.05, 0) is 54.3 Å². The zero-order valence-electron chi connectivity index (χ0n) is 17.6. The monoisotopic (exact) mass is 435 g/mol. The van der Waals surface area contributed by atoms with Crippen molar-refractivity contribution in [2.45, 2.75) is 37.8 Å². The van der Waals surface area contributed by atoms with Gasteiger partial charge in [-0.25, -0.2) is 13.1 Å². The van der Waals surface area contributed by atoms with Crippen LogP contribution >= 0.6 is 0 Å². The number of nitrogens with one attached hydrogen (secondary N) is 2. The summed E-state index contributed by atoms with van der Waals surface area (Å²) < 4.78 is 38.1. The largest absolute Gasteiger partial charge is 0.493 e. The molecule has 0 bridgehead atoms. The minimum absolute atomic E-state index is 0.0885. The number of methoxy groups -OCH3 is 2. The van der Waals surface area contributed by atoms with Gasteiger partial charge in [0.25, 0.3) is 0 Å². The SMILES string of the molecule is COc1ccc(CNS(=O)(=O)c2ccc(NC(=O)[C@@H](N)CC(C)C)cc2)cc1OC. The van der Waals surface area contributed by atoms with Crippen LogP contribution in [0.2, 0.25) is 0 Å². The van der Waals surface area contributed by atoms with E-state index in [1.54, 1.807) is 18.2 Å². The van der Waals surface area contributed by atoms with Crippen molar-refractivity contribution >= 4 is 21.6 Å². The first-order valence-electron chi connectivity index (χ1n) is 9.53. The Balaban J connectivity index is 2.02. The predicted molar refractivity (Wildman–Crippen MR) is 116 cm³/mol. The van der Waals surface area contributed by atoms with E-state index < -0.39 is 16.1 Å². The molecule has 1 amide bonds. The van der Waals surface area contributed by atoms with Gasteiger partial charge in [-0.2, -0.15) is 0 Å². The van der Waals surface area contributed by atoms with E-state index in [2.05, 4.69) is 10.0 Å². The van der Waals surface area contributed by atoms with Crippen LogP contribution < -0.4 is 25.2 Å². The molecule has 9 heteroatoms. The van der Waals surface area contributed by atoms with Crippen molar-refractivity contribution < 1.29 is 22.7 Å². The summed E-state index contributed by atoms with van der Waals surface area (Å²) in [6.07, 6.45) is 0.568. The molecule has 0 saturated heterocycles. The number of carbonyl (C=O) groups is 1. The summed E-state index contributed by atoms with van der Waals surface area (Å²) >= 11 is 0. The lowest BCUT2D eigenvalue weighted by molar-refractivity contribution is -0.117. The number of benzene rings is 2. The predicted octanol–water partition coefficient (Wildman–Crippen LogP) is 2.49. The fourth-order valence-corrected chi connectivity index (χ4v) is 3.84. The Morgan fingerprint density at radius 3 is 2.23 bits per heavy atom. The van der Waals surface area contributed by atoms with E-state index in [0.29, 0.717) is 29.5 Å². The zero-order valence-corrected chi connectivity index (χ0v) is 18.5. The van der Waals surface area contributed by atoms with E-state index in [9.17, 15) is 13.2 Å². The fourth-order valence-electron chi connectivity index (χ4n) is 2.82. The summed E-state index contributed by atoms with van der Waals surface area (Å²) in [6.45, 7) is 4.06. The molecule has 0 aliphatic rings. The molecule has 0 aliphatic heterocycles. The standard InChI is InChI=1S/C21H29N3O5S/c1-14(2)11-18(22)21(25)24-16-6-8-17(9-7-16)30(26,27)23-13-15-5-10-19(28-3)20(12-15)29-4/h5-10,12,14,18,23H,11,13,22H2,1-4H3,(H,24,25)/t18-/m0/s1. The Kier molecular flexibility index (Phi) is 8.22. The highest BCUT2D eigenvalue weighted by Crippen LogP contribution is 2.27. The lowest BCUT2D eigenvalue weighted by Gasteiger charge is -2.14. The molecule has 0 fully saturated rings. The highest BCUT2D eigenvalue weighted by atomic mass is 32.2. The first-order valence-corrected chi connectivity index (χ1v) is 11.0. The molecule has 4 N–H and O–H groups in total. The van der Waals surface area contributed by atoms with Crippen LogP contribution in [0.4, 0.5) is 5.69 Å². The van der Waals surface area contributed by atoms with Crippen molar-refractivity contribution in [3.63, 3.8) is 0 Å². The lowest BCUT2D eigenvalue weighted by atomic mass is 10.0. The molecule has 0 radical (unpaired) electrons. The van der Waals surface area contributed by atoms with Gasteiger partial charge in [0, 0.05) is 12.2 Å². The van der Waals surface area contributed by atoms with Gasteiger partial charge in [-0.1, -0.05) is 19.9 Å². The molecular weight excluding hydrogens is 406 g/mol. The van der Waals surface area contributed by atoms with Gasteiger partial charge in [0.15, 0.2) is 11.5 Å². The quantitative estimate of drug-likeness (QED) is 0.527. The van der Waals surface area contributed by atoms with Crippen molar-refractivity contribution in [3.8, 4) is 11.5 Å². The van der Waals surface area contributed by atoms with E-state index >= 15 is 0 Å². The number of anilines is 1. The van der Waals surface area contributed by atoms with Crippen molar-refractivity contribution in [2.24, 2.45) is 11.7 Å². The molecule has 0 spiro atoms. The van der Waals surface area contributed by atoms with Crippen LogP contribution in [0.5, 0.6) is 11.5 Å². The van der Waals surface area contributed by atoms with Gasteiger partial charge in [0.05, 0.1) is 25.2 Å². The zero-order chi connectivity index (χ0) is 22.3. The Labute approximate surface area is 177 Å². The van der Waals surface area contributed by atoms with Gasteiger partial charge in [0.2, 0.25) is 15.9 Å². The van der Waals surface area contributed by atoms with Crippen LogP contribution in [0.15, 0.2) is 47.4 Å². The van der Waals surface area contributed by atoms with Crippen LogP contribution in [0.1, 0.15) is 25.8 Å². The molecule has 164 valence electrons. The van der Waals surface area contributed by atoms with Crippen LogP contribution in [0, 0.1) is 5.92 Å². The van der Waals surface area contributed by atoms with Crippen molar-refractivity contribution in [1.29, 1.82) is 0 Å². The molecular formula is C21H29N3O5S. The molecule has 1 atom stereocenters. The summed E-state index contributed by atoms with van der Waals surface area (Å²) in [4.78, 5) is 12.2. The number of hydrogen-bond acceptors (Lipinski definition) is 6. The Hall–Kier alpha value is -2.62. The van der Waals surface area contributed by atoms with E-state index in [0.717, 1.165) is 5.56 Å².